The highest BCUT2D eigenvalue weighted by Gasteiger charge is 2.20. The molecular formula is C15H16N4O3. The van der Waals surface area contributed by atoms with Gasteiger partial charge in [0.15, 0.2) is 0 Å². The Kier molecular flexibility index (Phi) is 3.64. The number of H-pyrrole nitrogens is 1. The Morgan fingerprint density at radius 1 is 1.41 bits per heavy atom. The summed E-state index contributed by atoms with van der Waals surface area (Å²) in [7, 11) is 2.94. The first-order valence-electron chi connectivity index (χ1n) is 6.89. The van der Waals surface area contributed by atoms with Crippen molar-refractivity contribution in [2.24, 2.45) is 0 Å². The van der Waals surface area contributed by atoms with Crippen molar-refractivity contribution >= 4 is 11.8 Å². The van der Waals surface area contributed by atoms with E-state index >= 15 is 0 Å². The lowest BCUT2D eigenvalue weighted by molar-refractivity contribution is -0.0760. The summed E-state index contributed by atoms with van der Waals surface area (Å²) in [6, 6.07) is 5.26. The van der Waals surface area contributed by atoms with Gasteiger partial charge >= 0.3 is 0 Å². The molecule has 0 unspecified atom stereocenters. The minimum absolute atomic E-state index is 0.0757. The predicted octanol–water partition coefficient (Wildman–Crippen LogP) is 0.996. The minimum Gasteiger partial charge on any atom is -0.358 e. The van der Waals surface area contributed by atoms with Crippen LogP contribution in [0.5, 0.6) is 0 Å². The molecule has 0 aromatic carbocycles. The molecule has 22 heavy (non-hydrogen) atoms. The first-order valence-corrected chi connectivity index (χ1v) is 6.89. The summed E-state index contributed by atoms with van der Waals surface area (Å²) in [5.74, 6) is -0.411. The van der Waals surface area contributed by atoms with Gasteiger partial charge < -0.3 is 10.3 Å². The zero-order valence-electron chi connectivity index (χ0n) is 12.3. The van der Waals surface area contributed by atoms with Crippen LogP contribution >= 0.6 is 0 Å². The monoisotopic (exact) mass is 300 g/mol. The molecule has 2 amide bonds. The molecule has 0 radical (unpaired) electrons. The van der Waals surface area contributed by atoms with Crippen LogP contribution in [0.4, 0.5) is 0 Å². The average molecular weight is 300 g/mol. The second kappa shape index (κ2) is 5.61. The number of hydrogen-bond acceptors (Lipinski definition) is 4. The molecule has 114 valence electrons. The van der Waals surface area contributed by atoms with E-state index in [4.69, 9.17) is 4.84 Å². The van der Waals surface area contributed by atoms with Crippen LogP contribution in [-0.2, 0) is 11.3 Å². The quantitative estimate of drug-likeness (QED) is 0.828. The van der Waals surface area contributed by atoms with Crippen LogP contribution < -0.4 is 5.32 Å². The van der Waals surface area contributed by atoms with Gasteiger partial charge in [-0.15, -0.1) is 0 Å². The zero-order chi connectivity index (χ0) is 15.7. The van der Waals surface area contributed by atoms with E-state index in [1.54, 1.807) is 24.4 Å². The Morgan fingerprint density at radius 2 is 2.23 bits per heavy atom. The van der Waals surface area contributed by atoms with Crippen LogP contribution in [-0.4, -0.2) is 47.5 Å². The van der Waals surface area contributed by atoms with Crippen LogP contribution in [0.2, 0.25) is 0 Å². The SMILES string of the molecule is CON(C)C(=O)c1cc(-c2cc3c([nH]2)CCNC3=O)ccn1. The van der Waals surface area contributed by atoms with E-state index < -0.39 is 0 Å². The summed E-state index contributed by atoms with van der Waals surface area (Å²) in [6.45, 7) is 0.629. The third-order valence-electron chi connectivity index (χ3n) is 3.65. The van der Waals surface area contributed by atoms with E-state index in [1.807, 2.05) is 0 Å². The Morgan fingerprint density at radius 3 is 2.95 bits per heavy atom. The fourth-order valence-corrected chi connectivity index (χ4v) is 2.41. The van der Waals surface area contributed by atoms with Crippen molar-refractivity contribution in [3.63, 3.8) is 0 Å². The van der Waals surface area contributed by atoms with E-state index in [9.17, 15) is 9.59 Å². The van der Waals surface area contributed by atoms with E-state index in [0.717, 1.165) is 28.4 Å². The van der Waals surface area contributed by atoms with Gasteiger partial charge in [-0.3, -0.25) is 19.4 Å². The minimum atomic E-state index is -0.335. The Bertz CT molecular complexity index is 738. The largest absolute Gasteiger partial charge is 0.358 e. The third-order valence-corrected chi connectivity index (χ3v) is 3.65. The summed E-state index contributed by atoms with van der Waals surface area (Å²) < 4.78 is 0. The smallest absolute Gasteiger partial charge is 0.295 e. The zero-order valence-corrected chi connectivity index (χ0v) is 12.3. The average Bonchev–Trinajstić information content (AvgIpc) is 2.99. The van der Waals surface area contributed by atoms with Crippen molar-refractivity contribution < 1.29 is 14.4 Å². The molecule has 7 heteroatoms. The second-order valence-electron chi connectivity index (χ2n) is 5.00. The Hall–Kier alpha value is -2.67. The van der Waals surface area contributed by atoms with Crippen LogP contribution in [0.3, 0.4) is 0 Å². The van der Waals surface area contributed by atoms with Crippen molar-refractivity contribution in [2.45, 2.75) is 6.42 Å². The van der Waals surface area contributed by atoms with Gasteiger partial charge in [-0.05, 0) is 18.2 Å². The van der Waals surface area contributed by atoms with Gasteiger partial charge in [-0.1, -0.05) is 0 Å². The molecule has 0 fully saturated rings. The predicted molar refractivity (Wildman–Crippen MR) is 79.2 cm³/mol. The maximum atomic E-state index is 12.1. The van der Waals surface area contributed by atoms with Crippen molar-refractivity contribution in [1.82, 2.24) is 20.3 Å². The van der Waals surface area contributed by atoms with Crippen LogP contribution in [0.15, 0.2) is 24.4 Å². The van der Waals surface area contributed by atoms with E-state index in [0.29, 0.717) is 12.1 Å². The number of amides is 2. The number of rotatable bonds is 3. The highest BCUT2D eigenvalue weighted by Crippen LogP contribution is 2.24. The molecule has 2 N–H and O–H groups in total. The first-order chi connectivity index (χ1) is 10.6. The molecule has 0 aliphatic carbocycles. The van der Waals surface area contributed by atoms with Gasteiger partial charge in [0, 0.05) is 43.2 Å². The molecule has 0 atom stereocenters. The number of nitrogens with zero attached hydrogens (tertiary/aromatic N) is 2. The van der Waals surface area contributed by atoms with Crippen molar-refractivity contribution in [3.8, 4) is 11.3 Å². The molecule has 1 aliphatic heterocycles. The number of carbonyl (C=O) groups excluding carboxylic acids is 2. The highest BCUT2D eigenvalue weighted by molar-refractivity contribution is 5.98. The number of carbonyl (C=O) groups is 2. The number of pyridine rings is 1. The summed E-state index contributed by atoms with van der Waals surface area (Å²) in [6.07, 6.45) is 2.33. The Labute approximate surface area is 127 Å². The lowest BCUT2D eigenvalue weighted by atomic mass is 10.1. The van der Waals surface area contributed by atoms with Gasteiger partial charge in [0.2, 0.25) is 0 Å². The fraction of sp³-hybridized carbons (Fsp3) is 0.267. The van der Waals surface area contributed by atoms with E-state index in [-0.39, 0.29) is 17.5 Å². The van der Waals surface area contributed by atoms with Crippen LogP contribution in [0.1, 0.15) is 26.5 Å². The molecule has 0 saturated heterocycles. The van der Waals surface area contributed by atoms with Gasteiger partial charge in [0.25, 0.3) is 11.8 Å². The summed E-state index contributed by atoms with van der Waals surface area (Å²) >= 11 is 0. The fourth-order valence-electron chi connectivity index (χ4n) is 2.41. The number of aromatic nitrogens is 2. The van der Waals surface area contributed by atoms with Crippen LogP contribution in [0, 0.1) is 0 Å². The van der Waals surface area contributed by atoms with Crippen molar-refractivity contribution in [1.29, 1.82) is 0 Å². The molecule has 3 heterocycles. The lowest BCUT2D eigenvalue weighted by Gasteiger charge is -2.13. The normalized spacial score (nSPS) is 13.5. The molecule has 7 nitrogen and oxygen atoms in total. The summed E-state index contributed by atoms with van der Waals surface area (Å²) in [5.41, 5.74) is 3.43. The highest BCUT2D eigenvalue weighted by atomic mass is 16.7. The van der Waals surface area contributed by atoms with Crippen LogP contribution in [0.25, 0.3) is 11.3 Å². The molecule has 2 aromatic rings. The van der Waals surface area contributed by atoms with Gasteiger partial charge in [0.05, 0.1) is 12.7 Å². The van der Waals surface area contributed by atoms with Gasteiger partial charge in [-0.25, -0.2) is 5.06 Å². The number of fused-ring (bicyclic) bond motifs is 1. The maximum absolute atomic E-state index is 12.1. The number of nitrogens with one attached hydrogen (secondary N) is 2. The van der Waals surface area contributed by atoms with Gasteiger partial charge in [-0.2, -0.15) is 0 Å². The molecule has 2 aromatic heterocycles. The van der Waals surface area contributed by atoms with Crippen molar-refractivity contribution in [2.75, 3.05) is 20.7 Å². The van der Waals surface area contributed by atoms with Crippen molar-refractivity contribution in [3.05, 3.63) is 41.3 Å². The molecule has 1 aliphatic rings. The third kappa shape index (κ3) is 2.46. The second-order valence-corrected chi connectivity index (χ2v) is 5.00. The molecular weight excluding hydrogens is 284 g/mol. The molecule has 3 rings (SSSR count). The lowest BCUT2D eigenvalue weighted by Crippen LogP contribution is -2.31. The topological polar surface area (TPSA) is 87.3 Å². The number of hydrogen-bond donors (Lipinski definition) is 2. The Balaban J connectivity index is 1.96. The van der Waals surface area contributed by atoms with E-state index in [2.05, 4.69) is 15.3 Å². The first kappa shape index (κ1) is 14.3. The standard InChI is InChI=1S/C15H16N4O3/c1-19(22-2)15(21)13-7-9(3-5-16-13)12-8-10-11(18-12)4-6-17-14(10)20/h3,5,7-8,18H,4,6H2,1-2H3,(H,17,20). The summed E-state index contributed by atoms with van der Waals surface area (Å²) in [5, 5.41) is 3.92. The number of hydroxylamine groups is 2. The van der Waals surface area contributed by atoms with Gasteiger partial charge in [0.1, 0.15) is 5.69 Å². The van der Waals surface area contributed by atoms with E-state index in [1.165, 1.54) is 14.2 Å². The summed E-state index contributed by atoms with van der Waals surface area (Å²) in [4.78, 5) is 36.1. The molecule has 0 spiro atoms. The molecule has 0 saturated carbocycles. The number of aromatic amines is 1. The maximum Gasteiger partial charge on any atom is 0.295 e. The molecule has 0 bridgehead atoms.